The van der Waals surface area contributed by atoms with E-state index in [0.717, 1.165) is 35.2 Å². The molecule has 0 radical (unpaired) electrons. The summed E-state index contributed by atoms with van der Waals surface area (Å²) in [5.74, 6) is 0.637. The van der Waals surface area contributed by atoms with Gasteiger partial charge in [-0.25, -0.2) is 0 Å². The fourth-order valence-corrected chi connectivity index (χ4v) is 3.08. The van der Waals surface area contributed by atoms with Gasteiger partial charge >= 0.3 is 0 Å². The van der Waals surface area contributed by atoms with E-state index in [2.05, 4.69) is 31.0 Å². The number of rotatable bonds is 3. The van der Waals surface area contributed by atoms with Crippen molar-refractivity contribution < 1.29 is 0 Å². The molecule has 1 aromatic rings. The lowest BCUT2D eigenvalue weighted by molar-refractivity contribution is 0.184. The first-order valence-electron chi connectivity index (χ1n) is 7.38. The molecule has 1 aliphatic heterocycles. The van der Waals surface area contributed by atoms with Crippen molar-refractivity contribution in [3.05, 3.63) is 33.8 Å². The Bertz CT molecular complexity index is 448. The van der Waals surface area contributed by atoms with Gasteiger partial charge in [0.25, 0.3) is 0 Å². The van der Waals surface area contributed by atoms with Crippen molar-refractivity contribution in [3.63, 3.8) is 0 Å². The Morgan fingerprint density at radius 1 is 1.35 bits per heavy atom. The largest absolute Gasteiger partial charge is 0.312 e. The first kappa shape index (κ1) is 16.1. The third-order valence-corrected chi connectivity index (χ3v) is 4.81. The summed E-state index contributed by atoms with van der Waals surface area (Å²) in [5, 5.41) is 5.21. The Morgan fingerprint density at radius 3 is 2.80 bits per heavy atom. The second-order valence-corrected chi connectivity index (χ2v) is 6.95. The molecule has 0 spiro atoms. The molecule has 0 saturated carbocycles. The van der Waals surface area contributed by atoms with Gasteiger partial charge in [-0.05, 0) is 49.6 Å². The van der Waals surface area contributed by atoms with E-state index in [-0.39, 0.29) is 0 Å². The lowest BCUT2D eigenvalue weighted by Gasteiger charge is -2.30. The molecule has 0 amide bonds. The summed E-state index contributed by atoms with van der Waals surface area (Å²) < 4.78 is 0. The molecule has 2 atom stereocenters. The van der Waals surface area contributed by atoms with Crippen molar-refractivity contribution >= 4 is 23.2 Å². The molecule has 20 heavy (non-hydrogen) atoms. The molecule has 0 aliphatic carbocycles. The van der Waals surface area contributed by atoms with E-state index < -0.39 is 0 Å². The van der Waals surface area contributed by atoms with Crippen LogP contribution in [-0.4, -0.2) is 30.1 Å². The topological polar surface area (TPSA) is 15.3 Å². The highest BCUT2D eigenvalue weighted by atomic mass is 35.5. The van der Waals surface area contributed by atoms with Crippen molar-refractivity contribution in [2.24, 2.45) is 5.92 Å². The van der Waals surface area contributed by atoms with E-state index >= 15 is 0 Å². The zero-order chi connectivity index (χ0) is 14.7. The first-order valence-corrected chi connectivity index (χ1v) is 8.14. The van der Waals surface area contributed by atoms with Gasteiger partial charge in [0.2, 0.25) is 0 Å². The Kier molecular flexibility index (Phi) is 5.74. The van der Waals surface area contributed by atoms with E-state index in [4.69, 9.17) is 23.2 Å². The van der Waals surface area contributed by atoms with Crippen LogP contribution >= 0.6 is 23.2 Å². The molecular weight excluding hydrogens is 291 g/mol. The van der Waals surface area contributed by atoms with Gasteiger partial charge in [-0.2, -0.15) is 0 Å². The summed E-state index contributed by atoms with van der Waals surface area (Å²) in [6, 6.07) is 6.82. The van der Waals surface area contributed by atoms with E-state index in [9.17, 15) is 0 Å². The van der Waals surface area contributed by atoms with Crippen molar-refractivity contribution in [2.75, 3.05) is 13.1 Å². The molecule has 0 bridgehead atoms. The Balaban J connectivity index is 2.14. The molecule has 2 rings (SSSR count). The molecule has 2 nitrogen and oxygen atoms in total. The highest BCUT2D eigenvalue weighted by Crippen LogP contribution is 2.24. The molecule has 2 unspecified atom stereocenters. The van der Waals surface area contributed by atoms with Crippen LogP contribution in [0.2, 0.25) is 10.0 Å². The molecule has 0 aromatic heterocycles. The second kappa shape index (κ2) is 7.13. The van der Waals surface area contributed by atoms with Gasteiger partial charge in [0.15, 0.2) is 0 Å². The van der Waals surface area contributed by atoms with Gasteiger partial charge in [0, 0.05) is 35.2 Å². The molecule has 1 fully saturated rings. The normalized spacial score (nSPS) is 24.9. The van der Waals surface area contributed by atoms with Crippen LogP contribution in [0.4, 0.5) is 0 Å². The van der Waals surface area contributed by atoms with Crippen LogP contribution in [0.1, 0.15) is 32.8 Å². The van der Waals surface area contributed by atoms with Gasteiger partial charge in [-0.15, -0.1) is 0 Å². The summed E-state index contributed by atoms with van der Waals surface area (Å²) in [5.41, 5.74) is 1.12. The minimum Gasteiger partial charge on any atom is -0.312 e. The second-order valence-electron chi connectivity index (χ2n) is 6.11. The minimum atomic E-state index is 0.540. The third-order valence-electron chi connectivity index (χ3n) is 4.21. The van der Waals surface area contributed by atoms with Crippen LogP contribution in [0.3, 0.4) is 0 Å². The molecule has 112 valence electrons. The minimum absolute atomic E-state index is 0.540. The summed E-state index contributed by atoms with van der Waals surface area (Å²) >= 11 is 12.4. The van der Waals surface area contributed by atoms with Crippen LogP contribution in [0.25, 0.3) is 0 Å². The fraction of sp³-hybridized carbons (Fsp3) is 0.625. The number of hydrogen-bond donors (Lipinski definition) is 1. The smallest absolute Gasteiger partial charge is 0.0452 e. The molecular formula is C16H24Cl2N2. The predicted octanol–water partition coefficient (Wildman–Crippen LogP) is 4.20. The highest BCUT2D eigenvalue weighted by molar-refractivity contribution is 6.33. The number of halogens is 2. The third kappa shape index (κ3) is 4.11. The average Bonchev–Trinajstić information content (AvgIpc) is 2.57. The van der Waals surface area contributed by atoms with E-state index in [1.165, 1.54) is 6.42 Å². The summed E-state index contributed by atoms with van der Waals surface area (Å²) in [6.07, 6.45) is 1.17. The molecule has 1 aromatic carbocycles. The van der Waals surface area contributed by atoms with Crippen LogP contribution in [0, 0.1) is 5.92 Å². The van der Waals surface area contributed by atoms with Crippen LogP contribution in [0.5, 0.6) is 0 Å². The zero-order valence-corrected chi connectivity index (χ0v) is 14.0. The Labute approximate surface area is 132 Å². The Hall–Kier alpha value is -0.280. The van der Waals surface area contributed by atoms with Crippen LogP contribution < -0.4 is 5.32 Å². The molecule has 4 heteroatoms. The van der Waals surface area contributed by atoms with Gasteiger partial charge < -0.3 is 5.32 Å². The quantitative estimate of drug-likeness (QED) is 0.899. The molecule has 1 heterocycles. The highest BCUT2D eigenvalue weighted by Gasteiger charge is 2.25. The molecule has 1 aliphatic rings. The molecule has 1 saturated heterocycles. The first-order chi connectivity index (χ1) is 9.47. The standard InChI is InChI=1S/C16H24Cl2N2/c1-11(2)16-10-20(12(3)6-7-19-16)9-13-8-14(17)4-5-15(13)18/h4-5,8,11-12,16,19H,6-7,9-10H2,1-3H3. The van der Waals surface area contributed by atoms with Gasteiger partial charge in [0.05, 0.1) is 0 Å². The number of nitrogens with zero attached hydrogens (tertiary/aromatic N) is 1. The number of nitrogens with one attached hydrogen (secondary N) is 1. The summed E-state index contributed by atoms with van der Waals surface area (Å²) in [4.78, 5) is 2.52. The lowest BCUT2D eigenvalue weighted by Crippen LogP contribution is -2.42. The van der Waals surface area contributed by atoms with E-state index in [1.807, 2.05) is 18.2 Å². The van der Waals surface area contributed by atoms with Gasteiger partial charge in [-0.3, -0.25) is 4.90 Å². The predicted molar refractivity (Wildman–Crippen MR) is 87.6 cm³/mol. The Morgan fingerprint density at radius 2 is 2.10 bits per heavy atom. The van der Waals surface area contributed by atoms with Crippen molar-refractivity contribution in [1.29, 1.82) is 0 Å². The van der Waals surface area contributed by atoms with E-state index in [0.29, 0.717) is 18.0 Å². The lowest BCUT2D eigenvalue weighted by atomic mass is 10.0. The number of hydrogen-bond acceptors (Lipinski definition) is 2. The summed E-state index contributed by atoms with van der Waals surface area (Å²) in [6.45, 7) is 9.86. The average molecular weight is 315 g/mol. The number of benzene rings is 1. The SMILES string of the molecule is CC(C)C1CN(Cc2cc(Cl)ccc2Cl)C(C)CCN1. The maximum Gasteiger partial charge on any atom is 0.0452 e. The fourth-order valence-electron chi connectivity index (χ4n) is 2.71. The van der Waals surface area contributed by atoms with E-state index in [1.54, 1.807) is 0 Å². The maximum absolute atomic E-state index is 6.30. The van der Waals surface area contributed by atoms with Gasteiger partial charge in [-0.1, -0.05) is 37.0 Å². The van der Waals surface area contributed by atoms with Crippen molar-refractivity contribution in [2.45, 2.75) is 45.8 Å². The summed E-state index contributed by atoms with van der Waals surface area (Å²) in [7, 11) is 0. The van der Waals surface area contributed by atoms with Gasteiger partial charge in [0.1, 0.15) is 0 Å². The monoisotopic (exact) mass is 314 g/mol. The van der Waals surface area contributed by atoms with Crippen molar-refractivity contribution in [1.82, 2.24) is 10.2 Å². The van der Waals surface area contributed by atoms with Crippen molar-refractivity contribution in [3.8, 4) is 0 Å². The maximum atomic E-state index is 6.30. The molecule has 1 N–H and O–H groups in total. The van der Waals surface area contributed by atoms with Crippen LogP contribution in [0.15, 0.2) is 18.2 Å². The zero-order valence-electron chi connectivity index (χ0n) is 12.5. The van der Waals surface area contributed by atoms with Crippen LogP contribution in [-0.2, 0) is 6.54 Å².